The second-order valence-electron chi connectivity index (χ2n) is 4.26. The lowest BCUT2D eigenvalue weighted by atomic mass is 9.94. The fourth-order valence-corrected chi connectivity index (χ4v) is 1.44. The zero-order chi connectivity index (χ0) is 12.9. The molecule has 0 saturated heterocycles. The molecule has 4 N–H and O–H groups in total. The monoisotopic (exact) mass is 235 g/mol. The highest BCUT2D eigenvalue weighted by atomic mass is 16.2. The lowest BCUT2D eigenvalue weighted by Crippen LogP contribution is -2.46. The fourth-order valence-electron chi connectivity index (χ4n) is 1.44. The SMILES string of the molecule is CC(C)(NCC(=O)NC(N)=O)c1ccccc1. The first-order valence-corrected chi connectivity index (χ1v) is 5.31. The molecule has 5 heteroatoms. The van der Waals surface area contributed by atoms with Gasteiger partial charge in [0.25, 0.3) is 0 Å². The summed E-state index contributed by atoms with van der Waals surface area (Å²) in [4.78, 5) is 21.7. The van der Waals surface area contributed by atoms with Crippen LogP contribution in [0.1, 0.15) is 19.4 Å². The Morgan fingerprint density at radius 1 is 1.24 bits per heavy atom. The molecule has 0 aliphatic carbocycles. The number of carbonyl (C=O) groups is 2. The number of primary amides is 1. The predicted molar refractivity (Wildman–Crippen MR) is 65.2 cm³/mol. The molecule has 0 aromatic heterocycles. The Kier molecular flexibility index (Phi) is 4.23. The van der Waals surface area contributed by atoms with Crippen molar-refractivity contribution in [1.29, 1.82) is 0 Å². The van der Waals surface area contributed by atoms with Gasteiger partial charge >= 0.3 is 6.03 Å². The predicted octanol–water partition coefficient (Wildman–Crippen LogP) is 0.706. The van der Waals surface area contributed by atoms with Crippen LogP contribution in [0.4, 0.5) is 4.79 Å². The molecule has 1 rings (SSSR count). The lowest BCUT2D eigenvalue weighted by Gasteiger charge is -2.26. The van der Waals surface area contributed by atoms with Crippen LogP contribution in [0, 0.1) is 0 Å². The van der Waals surface area contributed by atoms with E-state index in [1.54, 1.807) is 0 Å². The van der Waals surface area contributed by atoms with Gasteiger partial charge in [-0.25, -0.2) is 4.79 Å². The van der Waals surface area contributed by atoms with E-state index in [1.807, 2.05) is 49.5 Å². The van der Waals surface area contributed by atoms with Crippen LogP contribution >= 0.6 is 0 Å². The number of hydrogen-bond acceptors (Lipinski definition) is 3. The summed E-state index contributed by atoms with van der Waals surface area (Å²) in [6, 6.07) is 8.90. The van der Waals surface area contributed by atoms with Crippen molar-refractivity contribution in [3.63, 3.8) is 0 Å². The van der Waals surface area contributed by atoms with Crippen molar-refractivity contribution in [3.8, 4) is 0 Å². The fraction of sp³-hybridized carbons (Fsp3) is 0.333. The molecule has 0 aliphatic rings. The molecular weight excluding hydrogens is 218 g/mol. The van der Waals surface area contributed by atoms with E-state index in [0.29, 0.717) is 0 Å². The highest BCUT2D eigenvalue weighted by Gasteiger charge is 2.20. The molecule has 0 fully saturated rings. The van der Waals surface area contributed by atoms with Crippen molar-refractivity contribution in [2.75, 3.05) is 6.54 Å². The molecule has 0 spiro atoms. The van der Waals surface area contributed by atoms with Crippen LogP contribution in [0.3, 0.4) is 0 Å². The molecule has 3 amide bonds. The quantitative estimate of drug-likeness (QED) is 0.718. The molecule has 1 aromatic rings. The zero-order valence-corrected chi connectivity index (χ0v) is 9.99. The topological polar surface area (TPSA) is 84.2 Å². The lowest BCUT2D eigenvalue weighted by molar-refractivity contribution is -0.119. The van der Waals surface area contributed by atoms with Crippen LogP contribution in [-0.2, 0) is 10.3 Å². The van der Waals surface area contributed by atoms with E-state index in [4.69, 9.17) is 5.73 Å². The van der Waals surface area contributed by atoms with Gasteiger partial charge in [-0.05, 0) is 19.4 Å². The van der Waals surface area contributed by atoms with Crippen LogP contribution in [0.25, 0.3) is 0 Å². The molecule has 5 nitrogen and oxygen atoms in total. The Hall–Kier alpha value is -1.88. The van der Waals surface area contributed by atoms with Crippen molar-refractivity contribution in [1.82, 2.24) is 10.6 Å². The normalized spacial score (nSPS) is 10.9. The maximum absolute atomic E-state index is 11.3. The number of benzene rings is 1. The Bertz CT molecular complexity index is 401. The molecule has 0 radical (unpaired) electrons. The summed E-state index contributed by atoms with van der Waals surface area (Å²) in [5.74, 6) is -0.443. The van der Waals surface area contributed by atoms with Crippen molar-refractivity contribution in [2.24, 2.45) is 5.73 Å². The van der Waals surface area contributed by atoms with E-state index in [-0.39, 0.29) is 12.1 Å². The number of urea groups is 1. The first-order chi connectivity index (χ1) is 7.92. The summed E-state index contributed by atoms with van der Waals surface area (Å²) in [5, 5.41) is 5.06. The average Bonchev–Trinajstić information content (AvgIpc) is 2.27. The zero-order valence-electron chi connectivity index (χ0n) is 9.99. The minimum atomic E-state index is -0.839. The van der Waals surface area contributed by atoms with E-state index in [2.05, 4.69) is 5.32 Å². The Morgan fingerprint density at radius 2 is 1.82 bits per heavy atom. The van der Waals surface area contributed by atoms with Crippen LogP contribution in [0.2, 0.25) is 0 Å². The van der Waals surface area contributed by atoms with Gasteiger partial charge in [0, 0.05) is 5.54 Å². The second kappa shape index (κ2) is 5.45. The standard InChI is InChI=1S/C12H17N3O2/c1-12(2,9-6-4-3-5-7-9)14-8-10(16)15-11(13)17/h3-7,14H,8H2,1-2H3,(H3,13,15,16,17). The van der Waals surface area contributed by atoms with Gasteiger partial charge in [0.1, 0.15) is 0 Å². The second-order valence-corrected chi connectivity index (χ2v) is 4.26. The van der Waals surface area contributed by atoms with Gasteiger partial charge < -0.3 is 5.73 Å². The molecule has 0 saturated carbocycles. The summed E-state index contributed by atoms with van der Waals surface area (Å²) in [7, 11) is 0. The van der Waals surface area contributed by atoms with E-state index in [9.17, 15) is 9.59 Å². The highest BCUT2D eigenvalue weighted by molar-refractivity contribution is 5.94. The van der Waals surface area contributed by atoms with Crippen molar-refractivity contribution in [3.05, 3.63) is 35.9 Å². The first kappa shape index (κ1) is 13.2. The molecule has 0 heterocycles. The van der Waals surface area contributed by atoms with Crippen LogP contribution < -0.4 is 16.4 Å². The van der Waals surface area contributed by atoms with E-state index in [1.165, 1.54) is 0 Å². The summed E-state index contributed by atoms with van der Waals surface area (Å²) < 4.78 is 0. The molecule has 1 aromatic carbocycles. The summed E-state index contributed by atoms with van der Waals surface area (Å²) in [6.07, 6.45) is 0. The van der Waals surface area contributed by atoms with Gasteiger partial charge in [-0.2, -0.15) is 0 Å². The first-order valence-electron chi connectivity index (χ1n) is 5.31. The summed E-state index contributed by atoms with van der Waals surface area (Å²) >= 11 is 0. The van der Waals surface area contributed by atoms with Crippen molar-refractivity contribution in [2.45, 2.75) is 19.4 Å². The maximum Gasteiger partial charge on any atom is 0.318 e. The number of rotatable bonds is 4. The Balaban J connectivity index is 2.56. The molecule has 0 atom stereocenters. The van der Waals surface area contributed by atoms with Gasteiger partial charge in [0.2, 0.25) is 5.91 Å². The number of carbonyl (C=O) groups excluding carboxylic acids is 2. The van der Waals surface area contributed by atoms with Crippen LogP contribution in [0.5, 0.6) is 0 Å². The minimum Gasteiger partial charge on any atom is -0.351 e. The summed E-state index contributed by atoms with van der Waals surface area (Å²) in [6.45, 7) is 3.95. The van der Waals surface area contributed by atoms with Crippen LogP contribution in [-0.4, -0.2) is 18.5 Å². The number of amides is 3. The third kappa shape index (κ3) is 4.24. The summed E-state index contributed by atoms with van der Waals surface area (Å²) in [5.41, 5.74) is 5.56. The molecular formula is C12H17N3O2. The van der Waals surface area contributed by atoms with Gasteiger partial charge in [-0.3, -0.25) is 15.4 Å². The average molecular weight is 235 g/mol. The molecule has 0 bridgehead atoms. The van der Waals surface area contributed by atoms with E-state index >= 15 is 0 Å². The third-order valence-corrected chi connectivity index (χ3v) is 2.45. The minimum absolute atomic E-state index is 0.0326. The Morgan fingerprint density at radius 3 is 2.35 bits per heavy atom. The van der Waals surface area contributed by atoms with Gasteiger partial charge in [-0.15, -0.1) is 0 Å². The highest BCUT2D eigenvalue weighted by Crippen LogP contribution is 2.18. The third-order valence-electron chi connectivity index (χ3n) is 2.45. The molecule has 0 unspecified atom stereocenters. The van der Waals surface area contributed by atoms with Crippen molar-refractivity contribution < 1.29 is 9.59 Å². The largest absolute Gasteiger partial charge is 0.351 e. The number of nitrogens with one attached hydrogen (secondary N) is 2. The molecule has 0 aliphatic heterocycles. The van der Waals surface area contributed by atoms with Gasteiger partial charge in [-0.1, -0.05) is 30.3 Å². The number of imide groups is 1. The number of hydrogen-bond donors (Lipinski definition) is 3. The van der Waals surface area contributed by atoms with Crippen LogP contribution in [0.15, 0.2) is 30.3 Å². The van der Waals surface area contributed by atoms with Crippen molar-refractivity contribution >= 4 is 11.9 Å². The maximum atomic E-state index is 11.3. The Labute approximate surface area is 100 Å². The van der Waals surface area contributed by atoms with E-state index < -0.39 is 11.9 Å². The van der Waals surface area contributed by atoms with E-state index in [0.717, 1.165) is 5.56 Å². The van der Waals surface area contributed by atoms with Gasteiger partial charge in [0.05, 0.1) is 6.54 Å². The number of nitrogens with two attached hydrogens (primary N) is 1. The molecule has 17 heavy (non-hydrogen) atoms. The molecule has 92 valence electrons. The van der Waals surface area contributed by atoms with Gasteiger partial charge in [0.15, 0.2) is 0 Å². The smallest absolute Gasteiger partial charge is 0.318 e.